The second kappa shape index (κ2) is 12.9. The Labute approximate surface area is 270 Å². The van der Waals surface area contributed by atoms with E-state index >= 15 is 0 Å². The van der Waals surface area contributed by atoms with Crippen LogP contribution in [0.2, 0.25) is 0 Å². The summed E-state index contributed by atoms with van der Waals surface area (Å²) >= 11 is 0. The molecule has 1 amide bonds. The lowest BCUT2D eigenvalue weighted by atomic mass is 9.95. The third-order valence-electron chi connectivity index (χ3n) is 8.66. The van der Waals surface area contributed by atoms with Gasteiger partial charge in [-0.25, -0.2) is 9.78 Å². The van der Waals surface area contributed by atoms with Crippen LogP contribution in [-0.2, 0) is 12.8 Å². The number of hydrogen-bond acceptors (Lipinski definition) is 4. The molecule has 1 heterocycles. The van der Waals surface area contributed by atoms with E-state index in [2.05, 4.69) is 4.57 Å². The summed E-state index contributed by atoms with van der Waals surface area (Å²) in [5.74, 6) is 0.122. The SMILES string of the molecule is CN(C)C(=O)c1ccc(-c2ccc(C(F)(F)F)cc2)c(COc2ccc(-c3nc4cc(C(=O)O)ccc4n3C3CCCCC3)cc2)c1. The summed E-state index contributed by atoms with van der Waals surface area (Å²) in [6.45, 7) is 0.0722. The van der Waals surface area contributed by atoms with Crippen LogP contribution in [0, 0.1) is 0 Å². The van der Waals surface area contributed by atoms with Crippen molar-refractivity contribution < 1.29 is 32.6 Å². The van der Waals surface area contributed by atoms with E-state index in [1.54, 1.807) is 44.4 Å². The number of aromatic nitrogens is 2. The minimum absolute atomic E-state index is 0.0722. The van der Waals surface area contributed by atoms with Crippen LogP contribution in [0.4, 0.5) is 13.2 Å². The van der Waals surface area contributed by atoms with E-state index in [1.807, 2.05) is 30.3 Å². The second-order valence-electron chi connectivity index (χ2n) is 12.1. The van der Waals surface area contributed by atoms with E-state index in [4.69, 9.17) is 9.72 Å². The molecule has 0 aliphatic heterocycles. The first-order valence-electron chi connectivity index (χ1n) is 15.5. The van der Waals surface area contributed by atoms with Gasteiger partial charge >= 0.3 is 12.1 Å². The molecule has 242 valence electrons. The number of rotatable bonds is 8. The van der Waals surface area contributed by atoms with Gasteiger partial charge in [0.05, 0.1) is 22.2 Å². The lowest BCUT2D eigenvalue weighted by molar-refractivity contribution is -0.137. The van der Waals surface area contributed by atoms with Gasteiger partial charge in [0, 0.05) is 31.3 Å². The molecule has 1 N–H and O–H groups in total. The fraction of sp³-hybridized carbons (Fsp3) is 0.270. The number of carbonyl (C=O) groups is 2. The predicted octanol–water partition coefficient (Wildman–Crippen LogP) is 8.87. The molecule has 0 saturated heterocycles. The van der Waals surface area contributed by atoms with Crippen LogP contribution in [0.25, 0.3) is 33.5 Å². The number of imidazole rings is 1. The van der Waals surface area contributed by atoms with Crippen molar-refractivity contribution in [3.63, 3.8) is 0 Å². The van der Waals surface area contributed by atoms with Gasteiger partial charge < -0.3 is 19.3 Å². The van der Waals surface area contributed by atoms with Crippen LogP contribution >= 0.6 is 0 Å². The molecule has 1 aromatic heterocycles. The summed E-state index contributed by atoms with van der Waals surface area (Å²) in [6, 6.07) is 22.8. The number of alkyl halides is 3. The van der Waals surface area contributed by atoms with Gasteiger partial charge in [-0.05, 0) is 96.3 Å². The third kappa shape index (κ3) is 6.72. The second-order valence-corrected chi connectivity index (χ2v) is 12.1. The largest absolute Gasteiger partial charge is 0.489 e. The van der Waals surface area contributed by atoms with Crippen molar-refractivity contribution in [2.75, 3.05) is 14.1 Å². The van der Waals surface area contributed by atoms with E-state index in [-0.39, 0.29) is 24.1 Å². The van der Waals surface area contributed by atoms with Gasteiger partial charge in [-0.15, -0.1) is 0 Å². The van der Waals surface area contributed by atoms with E-state index in [1.165, 1.54) is 23.5 Å². The van der Waals surface area contributed by atoms with E-state index in [0.717, 1.165) is 54.7 Å². The number of carbonyl (C=O) groups excluding carboxylic acids is 1. The predicted molar refractivity (Wildman–Crippen MR) is 173 cm³/mol. The molecule has 0 radical (unpaired) electrons. The van der Waals surface area contributed by atoms with Gasteiger partial charge in [0.1, 0.15) is 18.2 Å². The smallest absolute Gasteiger partial charge is 0.416 e. The first kappa shape index (κ1) is 31.8. The molecule has 7 nitrogen and oxygen atoms in total. The molecular formula is C37H34F3N3O4. The highest BCUT2D eigenvalue weighted by Gasteiger charge is 2.30. The van der Waals surface area contributed by atoms with Crippen molar-refractivity contribution in [2.24, 2.45) is 0 Å². The summed E-state index contributed by atoms with van der Waals surface area (Å²) < 4.78 is 48.0. The van der Waals surface area contributed by atoms with Crippen LogP contribution in [0.1, 0.15) is 70.0 Å². The summed E-state index contributed by atoms with van der Waals surface area (Å²) in [6.07, 6.45) is 1.05. The Morgan fingerprint density at radius 3 is 2.17 bits per heavy atom. The summed E-state index contributed by atoms with van der Waals surface area (Å²) in [5, 5.41) is 9.53. The maximum Gasteiger partial charge on any atom is 0.416 e. The molecule has 6 rings (SSSR count). The van der Waals surface area contributed by atoms with Gasteiger partial charge in [0.25, 0.3) is 5.91 Å². The van der Waals surface area contributed by atoms with E-state index in [9.17, 15) is 27.9 Å². The number of carboxylic acid groups (broad SMARTS) is 1. The minimum atomic E-state index is -4.44. The molecule has 47 heavy (non-hydrogen) atoms. The molecule has 0 unspecified atom stereocenters. The zero-order chi connectivity index (χ0) is 33.3. The Kier molecular flexibility index (Phi) is 8.77. The van der Waals surface area contributed by atoms with Crippen LogP contribution in [0.15, 0.2) is 84.9 Å². The van der Waals surface area contributed by atoms with Crippen molar-refractivity contribution in [2.45, 2.75) is 50.9 Å². The van der Waals surface area contributed by atoms with Gasteiger partial charge in [-0.3, -0.25) is 4.79 Å². The minimum Gasteiger partial charge on any atom is -0.489 e. The number of carboxylic acids is 1. The average Bonchev–Trinajstić information content (AvgIpc) is 3.46. The van der Waals surface area contributed by atoms with Gasteiger partial charge in [-0.2, -0.15) is 13.2 Å². The Bertz CT molecular complexity index is 1920. The van der Waals surface area contributed by atoms with Gasteiger partial charge in [0.2, 0.25) is 0 Å². The summed E-state index contributed by atoms with van der Waals surface area (Å²) in [4.78, 5) is 30.7. The van der Waals surface area contributed by atoms with E-state index in [0.29, 0.717) is 33.5 Å². The summed E-state index contributed by atoms with van der Waals surface area (Å²) in [7, 11) is 3.30. The van der Waals surface area contributed by atoms with Crippen molar-refractivity contribution >= 4 is 22.9 Å². The Morgan fingerprint density at radius 1 is 0.872 bits per heavy atom. The average molecular weight is 642 g/mol. The third-order valence-corrected chi connectivity index (χ3v) is 8.66. The van der Waals surface area contributed by atoms with Crippen molar-refractivity contribution in [3.8, 4) is 28.3 Å². The van der Waals surface area contributed by atoms with Crippen LogP contribution in [0.5, 0.6) is 5.75 Å². The van der Waals surface area contributed by atoms with E-state index < -0.39 is 17.7 Å². The highest BCUT2D eigenvalue weighted by molar-refractivity contribution is 5.95. The Morgan fingerprint density at radius 2 is 1.53 bits per heavy atom. The van der Waals surface area contributed by atoms with Crippen LogP contribution in [-0.4, -0.2) is 45.5 Å². The fourth-order valence-corrected chi connectivity index (χ4v) is 6.23. The molecule has 1 saturated carbocycles. The number of nitrogens with zero attached hydrogens (tertiary/aromatic N) is 3. The van der Waals surface area contributed by atoms with Crippen molar-refractivity contribution in [1.82, 2.24) is 14.5 Å². The molecule has 4 aromatic carbocycles. The Balaban J connectivity index is 1.30. The van der Waals surface area contributed by atoms with Crippen molar-refractivity contribution in [1.29, 1.82) is 0 Å². The zero-order valence-corrected chi connectivity index (χ0v) is 26.1. The fourth-order valence-electron chi connectivity index (χ4n) is 6.23. The first-order valence-corrected chi connectivity index (χ1v) is 15.5. The number of ether oxygens (including phenoxy) is 1. The number of benzene rings is 4. The maximum atomic E-state index is 13.2. The molecule has 1 fully saturated rings. The first-order chi connectivity index (χ1) is 22.5. The topological polar surface area (TPSA) is 84.7 Å². The van der Waals surface area contributed by atoms with Gasteiger partial charge in [-0.1, -0.05) is 37.5 Å². The lowest BCUT2D eigenvalue weighted by Gasteiger charge is -2.25. The maximum absolute atomic E-state index is 13.2. The number of fused-ring (bicyclic) bond motifs is 1. The zero-order valence-electron chi connectivity index (χ0n) is 26.1. The molecule has 5 aromatic rings. The number of hydrogen-bond donors (Lipinski definition) is 1. The number of amides is 1. The molecule has 0 bridgehead atoms. The highest BCUT2D eigenvalue weighted by Crippen LogP contribution is 2.37. The molecular weight excluding hydrogens is 607 g/mol. The lowest BCUT2D eigenvalue weighted by Crippen LogP contribution is -2.21. The quantitative estimate of drug-likeness (QED) is 0.183. The van der Waals surface area contributed by atoms with Crippen molar-refractivity contribution in [3.05, 3.63) is 107 Å². The molecule has 0 atom stereocenters. The Hall–Kier alpha value is -5.12. The molecule has 1 aliphatic rings. The highest BCUT2D eigenvalue weighted by atomic mass is 19.4. The van der Waals surface area contributed by atoms with Crippen LogP contribution < -0.4 is 4.74 Å². The molecule has 10 heteroatoms. The normalized spacial score (nSPS) is 13.9. The monoisotopic (exact) mass is 641 g/mol. The number of aromatic carboxylic acids is 1. The summed E-state index contributed by atoms with van der Waals surface area (Å²) in [5.41, 5.74) is 4.16. The molecule has 0 spiro atoms. The number of halogens is 3. The van der Waals surface area contributed by atoms with Gasteiger partial charge in [0.15, 0.2) is 0 Å². The van der Waals surface area contributed by atoms with Crippen LogP contribution in [0.3, 0.4) is 0 Å². The molecule has 1 aliphatic carbocycles. The standard InChI is InChI=1S/C37H34F3N3O4/c1-42(2)35(44)25-12-18-31(23-8-14-28(15-9-23)37(38,39)40)27(20-25)22-47-30-16-10-24(11-17-30)34-41-32-21-26(36(45)46)13-19-33(32)43(34)29-6-4-3-5-7-29/h8-21,29H,3-7,22H2,1-2H3,(H,45,46).